The van der Waals surface area contributed by atoms with E-state index in [1.165, 1.54) is 11.1 Å². The Morgan fingerprint density at radius 2 is 2.38 bits per heavy atom. The van der Waals surface area contributed by atoms with Gasteiger partial charge in [0.1, 0.15) is 6.04 Å². The molecule has 0 aliphatic carbocycles. The Labute approximate surface area is 94.2 Å². The van der Waals surface area contributed by atoms with Gasteiger partial charge < -0.3 is 15.7 Å². The van der Waals surface area contributed by atoms with E-state index in [0.29, 0.717) is 12.0 Å². The average molecular weight is 224 g/mol. The van der Waals surface area contributed by atoms with Crippen LogP contribution >= 0.6 is 0 Å². The lowest BCUT2D eigenvalue weighted by Gasteiger charge is -2.24. The van der Waals surface area contributed by atoms with Crippen LogP contribution in [0.25, 0.3) is 0 Å². The second-order valence-corrected chi connectivity index (χ2v) is 3.63. The molecule has 1 aliphatic rings. The molecule has 0 spiro atoms. The summed E-state index contributed by atoms with van der Waals surface area (Å²) in [6, 6.07) is -0.616. The molecular weight excluding hydrogens is 208 g/mol. The van der Waals surface area contributed by atoms with Crippen molar-refractivity contribution in [2.24, 2.45) is 5.73 Å². The molecule has 88 valence electrons. The summed E-state index contributed by atoms with van der Waals surface area (Å²) in [5, 5.41) is 8.96. The number of hydrogen-bond acceptors (Lipinski definition) is 3. The number of rotatable bonds is 4. The third-order valence-corrected chi connectivity index (χ3v) is 2.50. The third-order valence-electron chi connectivity index (χ3n) is 2.50. The number of hydrogen-bond donors (Lipinski definition) is 2. The first-order valence-electron chi connectivity index (χ1n) is 5.17. The fourth-order valence-electron chi connectivity index (χ4n) is 1.62. The Bertz CT molecular complexity index is 347. The van der Waals surface area contributed by atoms with Gasteiger partial charge in [0, 0.05) is 6.20 Å². The van der Waals surface area contributed by atoms with E-state index in [2.05, 4.69) is 0 Å². The molecule has 3 N–H and O–H groups in total. The zero-order chi connectivity index (χ0) is 12.1. The molecule has 0 bridgehead atoms. The highest BCUT2D eigenvalue weighted by Crippen LogP contribution is 2.14. The summed E-state index contributed by atoms with van der Waals surface area (Å²) in [4.78, 5) is 24.3. The second-order valence-electron chi connectivity index (χ2n) is 3.63. The molecule has 0 aromatic carbocycles. The Kier molecular flexibility index (Phi) is 4.25. The summed E-state index contributed by atoms with van der Waals surface area (Å²) >= 11 is 0. The number of nitrogens with zero attached hydrogens (tertiary/aromatic N) is 1. The predicted molar refractivity (Wildman–Crippen MR) is 59.0 cm³/mol. The Balaban J connectivity index is 2.85. The minimum Gasteiger partial charge on any atom is -0.392 e. The number of amides is 2. The van der Waals surface area contributed by atoms with Crippen LogP contribution in [0.4, 0.5) is 0 Å². The van der Waals surface area contributed by atoms with Gasteiger partial charge in [-0.05, 0) is 18.1 Å². The number of aliphatic hydroxyl groups is 1. The number of carbonyl (C=O) groups is 2. The van der Waals surface area contributed by atoms with Gasteiger partial charge in [0.2, 0.25) is 11.8 Å². The van der Waals surface area contributed by atoms with Crippen LogP contribution in [0.2, 0.25) is 0 Å². The molecule has 1 aliphatic heterocycles. The zero-order valence-electron chi connectivity index (χ0n) is 9.22. The summed E-state index contributed by atoms with van der Waals surface area (Å²) in [6.07, 6.45) is 5.44. The lowest BCUT2D eigenvalue weighted by Crippen LogP contribution is -2.44. The highest BCUT2D eigenvalue weighted by Gasteiger charge is 2.25. The SMILES string of the molecule is CCC(C(N)=O)N1C=CC=C(CO)CC1=O. The Morgan fingerprint density at radius 1 is 1.69 bits per heavy atom. The van der Waals surface area contributed by atoms with E-state index in [9.17, 15) is 9.59 Å². The van der Waals surface area contributed by atoms with Crippen LogP contribution in [0.3, 0.4) is 0 Å². The van der Waals surface area contributed by atoms with Crippen molar-refractivity contribution in [3.8, 4) is 0 Å². The second kappa shape index (κ2) is 5.46. The van der Waals surface area contributed by atoms with Crippen molar-refractivity contribution in [3.63, 3.8) is 0 Å². The van der Waals surface area contributed by atoms with Crippen LogP contribution in [-0.4, -0.2) is 34.5 Å². The number of primary amides is 1. The summed E-state index contributed by atoms with van der Waals surface area (Å²) in [5.74, 6) is -0.743. The maximum Gasteiger partial charge on any atom is 0.240 e. The van der Waals surface area contributed by atoms with Crippen LogP contribution in [0.1, 0.15) is 19.8 Å². The quantitative estimate of drug-likeness (QED) is 0.700. The van der Waals surface area contributed by atoms with Gasteiger partial charge in [0.05, 0.1) is 13.0 Å². The van der Waals surface area contributed by atoms with Gasteiger partial charge in [-0.2, -0.15) is 0 Å². The van der Waals surface area contributed by atoms with E-state index in [1.54, 1.807) is 19.1 Å². The first-order chi connectivity index (χ1) is 7.60. The van der Waals surface area contributed by atoms with Crippen LogP contribution < -0.4 is 5.73 Å². The van der Waals surface area contributed by atoms with Crippen LogP contribution in [0.5, 0.6) is 0 Å². The van der Waals surface area contributed by atoms with Gasteiger partial charge in [-0.1, -0.05) is 13.0 Å². The lowest BCUT2D eigenvalue weighted by atomic mass is 10.1. The van der Waals surface area contributed by atoms with E-state index in [0.717, 1.165) is 0 Å². The maximum absolute atomic E-state index is 11.8. The van der Waals surface area contributed by atoms with Gasteiger partial charge in [0.25, 0.3) is 0 Å². The largest absolute Gasteiger partial charge is 0.392 e. The average Bonchev–Trinajstić information content (AvgIpc) is 2.42. The molecule has 0 aromatic rings. The molecule has 1 rings (SSSR count). The molecule has 0 aromatic heterocycles. The Hall–Kier alpha value is -1.62. The van der Waals surface area contributed by atoms with Crippen molar-refractivity contribution in [1.29, 1.82) is 0 Å². The molecule has 1 atom stereocenters. The van der Waals surface area contributed by atoms with E-state index in [1.807, 2.05) is 0 Å². The molecule has 0 radical (unpaired) electrons. The molecule has 2 amide bonds. The highest BCUT2D eigenvalue weighted by molar-refractivity contribution is 5.88. The van der Waals surface area contributed by atoms with Crippen molar-refractivity contribution in [2.45, 2.75) is 25.8 Å². The van der Waals surface area contributed by atoms with Gasteiger partial charge in [-0.15, -0.1) is 0 Å². The molecule has 5 nitrogen and oxygen atoms in total. The van der Waals surface area contributed by atoms with Crippen LogP contribution in [-0.2, 0) is 9.59 Å². The first kappa shape index (κ1) is 12.4. The number of nitrogens with two attached hydrogens (primary N) is 1. The first-order valence-corrected chi connectivity index (χ1v) is 5.17. The molecule has 16 heavy (non-hydrogen) atoms. The predicted octanol–water partition coefficient (Wildman–Crippen LogP) is -0.0850. The molecule has 0 saturated heterocycles. The van der Waals surface area contributed by atoms with Crippen LogP contribution in [0.15, 0.2) is 23.9 Å². The topological polar surface area (TPSA) is 83.6 Å². The molecular formula is C11H16N2O3. The molecule has 0 saturated carbocycles. The van der Waals surface area contributed by atoms with Gasteiger partial charge in [-0.3, -0.25) is 9.59 Å². The fourth-order valence-corrected chi connectivity index (χ4v) is 1.62. The van der Waals surface area contributed by atoms with E-state index < -0.39 is 11.9 Å². The van der Waals surface area contributed by atoms with Crippen molar-refractivity contribution >= 4 is 11.8 Å². The van der Waals surface area contributed by atoms with Gasteiger partial charge >= 0.3 is 0 Å². The van der Waals surface area contributed by atoms with E-state index in [-0.39, 0.29) is 18.9 Å². The minimum absolute atomic E-state index is 0.118. The van der Waals surface area contributed by atoms with E-state index in [4.69, 9.17) is 10.8 Å². The van der Waals surface area contributed by atoms with Crippen LogP contribution in [0, 0.1) is 0 Å². The molecule has 0 fully saturated rings. The number of allylic oxidation sites excluding steroid dienone is 2. The van der Waals surface area contributed by atoms with Crippen molar-refractivity contribution in [3.05, 3.63) is 23.9 Å². The maximum atomic E-state index is 11.8. The normalized spacial score (nSPS) is 18.0. The smallest absolute Gasteiger partial charge is 0.240 e. The minimum atomic E-state index is -0.616. The summed E-state index contributed by atoms with van der Waals surface area (Å²) in [5.41, 5.74) is 5.85. The highest BCUT2D eigenvalue weighted by atomic mass is 16.3. The zero-order valence-corrected chi connectivity index (χ0v) is 9.22. The molecule has 1 heterocycles. The standard InChI is InChI=1S/C11H16N2O3/c1-2-9(11(12)16)13-5-3-4-8(7-14)6-10(13)15/h3-5,9,14H,2,6-7H2,1H3,(H2,12,16). The van der Waals surface area contributed by atoms with E-state index >= 15 is 0 Å². The lowest BCUT2D eigenvalue weighted by molar-refractivity contribution is -0.135. The number of aliphatic hydroxyl groups excluding tert-OH is 1. The monoisotopic (exact) mass is 224 g/mol. The fraction of sp³-hybridized carbons (Fsp3) is 0.455. The molecule has 5 heteroatoms. The Morgan fingerprint density at radius 3 is 2.88 bits per heavy atom. The summed E-state index contributed by atoms with van der Waals surface area (Å²) in [7, 11) is 0. The van der Waals surface area contributed by atoms with Crippen molar-refractivity contribution in [2.75, 3.05) is 6.61 Å². The van der Waals surface area contributed by atoms with Gasteiger partial charge in [-0.25, -0.2) is 0 Å². The molecule has 1 unspecified atom stereocenters. The third kappa shape index (κ3) is 2.70. The van der Waals surface area contributed by atoms with Gasteiger partial charge in [0.15, 0.2) is 0 Å². The summed E-state index contributed by atoms with van der Waals surface area (Å²) < 4.78 is 0. The summed E-state index contributed by atoms with van der Waals surface area (Å²) in [6.45, 7) is 1.64. The number of carbonyl (C=O) groups excluding carboxylic acids is 2. The van der Waals surface area contributed by atoms with Crippen molar-refractivity contribution < 1.29 is 14.7 Å². The van der Waals surface area contributed by atoms with Crippen molar-refractivity contribution in [1.82, 2.24) is 4.90 Å².